The summed E-state index contributed by atoms with van der Waals surface area (Å²) in [4.78, 5) is 0. The van der Waals surface area contributed by atoms with Gasteiger partial charge in [0.15, 0.2) is 0 Å². The molecule has 49 valence electrons. The van der Waals surface area contributed by atoms with Crippen molar-refractivity contribution in [2.24, 2.45) is 0 Å². The lowest BCUT2D eigenvalue weighted by molar-refractivity contribution is 1.00. The fraction of sp³-hybridized carbons (Fsp3) is 0.800. The van der Waals surface area contributed by atoms with E-state index in [-0.39, 0.29) is 5.38 Å². The van der Waals surface area contributed by atoms with Gasteiger partial charge < -0.3 is 0 Å². The van der Waals surface area contributed by atoms with Crippen molar-refractivity contribution in [3.8, 4) is 0 Å². The van der Waals surface area contributed by atoms with E-state index in [1.807, 2.05) is 0 Å². The molecule has 0 spiro atoms. The highest BCUT2D eigenvalue weighted by atomic mass is 79.9. The number of hydrogen-bond acceptors (Lipinski definition) is 0. The van der Waals surface area contributed by atoms with Crippen LogP contribution in [0.2, 0.25) is 0 Å². The molecule has 0 rings (SSSR count). The Balaban J connectivity index is 2.86. The highest BCUT2D eigenvalue weighted by Crippen LogP contribution is 2.07. The SMILES string of the molecule is ClC([CH]CCBr)CBr. The predicted molar refractivity (Wildman–Crippen MR) is 46.1 cm³/mol. The number of rotatable bonds is 4. The highest BCUT2D eigenvalue weighted by Gasteiger charge is 1.99. The molecule has 0 aromatic heterocycles. The minimum Gasteiger partial charge on any atom is -0.122 e. The second-order valence-corrected chi connectivity index (χ2v) is 3.38. The molecule has 0 aromatic rings. The molecule has 0 aliphatic rings. The molecular formula is C5H8Br2Cl. The van der Waals surface area contributed by atoms with Gasteiger partial charge in [0.1, 0.15) is 0 Å². The smallest absolute Gasteiger partial charge is 0.0464 e. The van der Waals surface area contributed by atoms with E-state index in [0.717, 1.165) is 17.1 Å². The summed E-state index contributed by atoms with van der Waals surface area (Å²) in [7, 11) is 0. The Kier molecular flexibility index (Phi) is 7.37. The third-order valence-electron chi connectivity index (χ3n) is 0.679. The Morgan fingerprint density at radius 2 is 2.12 bits per heavy atom. The van der Waals surface area contributed by atoms with E-state index in [0.29, 0.717) is 0 Å². The van der Waals surface area contributed by atoms with Crippen LogP contribution < -0.4 is 0 Å². The molecule has 1 unspecified atom stereocenters. The maximum atomic E-state index is 5.72. The third-order valence-corrected chi connectivity index (χ3v) is 2.54. The maximum Gasteiger partial charge on any atom is 0.0464 e. The topological polar surface area (TPSA) is 0 Å². The van der Waals surface area contributed by atoms with Crippen LogP contribution in [0.1, 0.15) is 6.42 Å². The van der Waals surface area contributed by atoms with Gasteiger partial charge in [0.05, 0.1) is 0 Å². The standard InChI is InChI=1S/C5H8Br2Cl/c6-3-1-2-5(8)4-7/h2,5H,1,3-4H2. The van der Waals surface area contributed by atoms with Crippen molar-refractivity contribution in [2.75, 3.05) is 10.7 Å². The Hall–Kier alpha value is 1.25. The van der Waals surface area contributed by atoms with Crippen LogP contribution in [0.25, 0.3) is 0 Å². The monoisotopic (exact) mass is 261 g/mol. The molecule has 1 radical (unpaired) electrons. The Morgan fingerprint density at radius 3 is 2.50 bits per heavy atom. The van der Waals surface area contributed by atoms with E-state index in [1.54, 1.807) is 0 Å². The van der Waals surface area contributed by atoms with Crippen LogP contribution in [0.15, 0.2) is 0 Å². The third kappa shape index (κ3) is 5.39. The number of alkyl halides is 3. The Morgan fingerprint density at radius 1 is 1.50 bits per heavy atom. The molecule has 0 saturated heterocycles. The first-order chi connectivity index (χ1) is 3.81. The van der Waals surface area contributed by atoms with Gasteiger partial charge >= 0.3 is 0 Å². The fourth-order valence-electron chi connectivity index (χ4n) is 0.307. The molecule has 0 aliphatic carbocycles. The van der Waals surface area contributed by atoms with Crippen LogP contribution in [0, 0.1) is 6.42 Å². The van der Waals surface area contributed by atoms with E-state index >= 15 is 0 Å². The first kappa shape index (κ1) is 9.25. The number of halogens is 3. The second-order valence-electron chi connectivity index (χ2n) is 1.38. The van der Waals surface area contributed by atoms with E-state index < -0.39 is 0 Å². The molecular weight excluding hydrogens is 255 g/mol. The molecule has 0 nitrogen and oxygen atoms in total. The first-order valence-electron chi connectivity index (χ1n) is 2.40. The summed E-state index contributed by atoms with van der Waals surface area (Å²) in [5, 5.41) is 2.04. The lowest BCUT2D eigenvalue weighted by atomic mass is 10.3. The van der Waals surface area contributed by atoms with Gasteiger partial charge in [-0.15, -0.1) is 11.6 Å². The van der Waals surface area contributed by atoms with Gasteiger partial charge in [0.25, 0.3) is 0 Å². The van der Waals surface area contributed by atoms with Gasteiger partial charge in [0, 0.05) is 16.0 Å². The van der Waals surface area contributed by atoms with Crippen LogP contribution in [0.3, 0.4) is 0 Å². The minimum absolute atomic E-state index is 0.188. The first-order valence-corrected chi connectivity index (χ1v) is 5.08. The van der Waals surface area contributed by atoms with Crippen molar-refractivity contribution in [3.63, 3.8) is 0 Å². The Bertz CT molecular complexity index is 49.7. The zero-order chi connectivity index (χ0) is 6.41. The van der Waals surface area contributed by atoms with Gasteiger partial charge in [-0.25, -0.2) is 0 Å². The lowest BCUT2D eigenvalue weighted by Gasteiger charge is -1.99. The summed E-state index contributed by atoms with van der Waals surface area (Å²) < 4.78 is 0. The summed E-state index contributed by atoms with van der Waals surface area (Å²) in [5.74, 6) is 0. The van der Waals surface area contributed by atoms with Crippen molar-refractivity contribution in [1.82, 2.24) is 0 Å². The molecule has 0 N–H and O–H groups in total. The van der Waals surface area contributed by atoms with Crippen LogP contribution >= 0.6 is 43.5 Å². The van der Waals surface area contributed by atoms with Crippen LogP contribution in [0.4, 0.5) is 0 Å². The van der Waals surface area contributed by atoms with Crippen molar-refractivity contribution in [2.45, 2.75) is 11.8 Å². The molecule has 0 aromatic carbocycles. The molecule has 0 bridgehead atoms. The van der Waals surface area contributed by atoms with Gasteiger partial charge in [0.2, 0.25) is 0 Å². The average Bonchev–Trinajstić information content (AvgIpc) is 1.83. The summed E-state index contributed by atoms with van der Waals surface area (Å²) in [6, 6.07) is 0. The van der Waals surface area contributed by atoms with Crippen LogP contribution in [-0.2, 0) is 0 Å². The lowest BCUT2D eigenvalue weighted by Crippen LogP contribution is -1.99. The summed E-state index contributed by atoms with van der Waals surface area (Å²) in [6.07, 6.45) is 3.12. The molecule has 0 amide bonds. The summed E-state index contributed by atoms with van der Waals surface area (Å²) in [6.45, 7) is 0. The molecule has 0 fully saturated rings. The van der Waals surface area contributed by atoms with Crippen molar-refractivity contribution in [3.05, 3.63) is 6.42 Å². The second kappa shape index (κ2) is 6.37. The largest absolute Gasteiger partial charge is 0.122 e. The van der Waals surface area contributed by atoms with Gasteiger partial charge in [-0.3, -0.25) is 0 Å². The molecule has 8 heavy (non-hydrogen) atoms. The fourth-order valence-corrected chi connectivity index (χ4v) is 0.961. The van der Waals surface area contributed by atoms with Crippen LogP contribution in [-0.4, -0.2) is 16.0 Å². The zero-order valence-electron chi connectivity index (χ0n) is 4.41. The van der Waals surface area contributed by atoms with E-state index in [9.17, 15) is 0 Å². The van der Waals surface area contributed by atoms with Gasteiger partial charge in [-0.05, 0) is 12.8 Å². The van der Waals surface area contributed by atoms with Gasteiger partial charge in [-0.2, -0.15) is 0 Å². The molecule has 0 saturated carbocycles. The molecule has 3 heteroatoms. The molecule has 0 heterocycles. The molecule has 0 aliphatic heterocycles. The quantitative estimate of drug-likeness (QED) is 0.684. The average molecular weight is 263 g/mol. The van der Waals surface area contributed by atoms with Gasteiger partial charge in [-0.1, -0.05) is 31.9 Å². The van der Waals surface area contributed by atoms with Crippen molar-refractivity contribution < 1.29 is 0 Å². The maximum absolute atomic E-state index is 5.72. The van der Waals surface area contributed by atoms with Crippen molar-refractivity contribution >= 4 is 43.5 Å². The van der Waals surface area contributed by atoms with E-state index in [4.69, 9.17) is 11.6 Å². The Labute approximate surface area is 72.2 Å². The minimum atomic E-state index is 0.188. The highest BCUT2D eigenvalue weighted by molar-refractivity contribution is 9.09. The van der Waals surface area contributed by atoms with E-state index in [1.165, 1.54) is 0 Å². The summed E-state index contributed by atoms with van der Waals surface area (Å²) in [5.41, 5.74) is 0. The van der Waals surface area contributed by atoms with Crippen LogP contribution in [0.5, 0.6) is 0 Å². The number of hydrogen-bond donors (Lipinski definition) is 0. The summed E-state index contributed by atoms with van der Waals surface area (Å²) >= 11 is 12.3. The normalized spacial score (nSPS) is 13.9. The molecule has 1 atom stereocenters. The predicted octanol–water partition coefficient (Wildman–Crippen LogP) is 2.98. The van der Waals surface area contributed by atoms with Crippen molar-refractivity contribution in [1.29, 1.82) is 0 Å². The van der Waals surface area contributed by atoms with E-state index in [2.05, 4.69) is 38.3 Å². The zero-order valence-corrected chi connectivity index (χ0v) is 8.34.